The molecule has 0 aliphatic heterocycles. The molecule has 13 heteroatoms. The Morgan fingerprint density at radius 2 is 1.14 bits per heavy atom. The van der Waals surface area contributed by atoms with E-state index in [4.69, 9.17) is 44.3 Å². The van der Waals surface area contributed by atoms with Crippen LogP contribution in [0.3, 0.4) is 0 Å². The van der Waals surface area contributed by atoms with Gasteiger partial charge in [0.05, 0.1) is 28.3 Å². The van der Waals surface area contributed by atoms with Gasteiger partial charge in [-0.25, -0.2) is 9.59 Å². The van der Waals surface area contributed by atoms with Gasteiger partial charge >= 0.3 is 11.9 Å². The highest BCUT2D eigenvalue weighted by molar-refractivity contribution is 7.23. The number of fused-ring (bicyclic) bond motifs is 2. The van der Waals surface area contributed by atoms with Crippen molar-refractivity contribution < 1.29 is 19.1 Å². The number of aromatic nitrogens is 4. The number of halogens is 3. The van der Waals surface area contributed by atoms with Gasteiger partial charge in [0.1, 0.15) is 0 Å². The lowest BCUT2D eigenvalue weighted by Crippen LogP contribution is -2.13. The van der Waals surface area contributed by atoms with Crippen LogP contribution in [0, 0.1) is 5.92 Å². The largest absolute Gasteiger partial charge is 0.461 e. The maximum Gasteiger partial charge on any atom is 0.360 e. The molecule has 2 fully saturated rings. The minimum atomic E-state index is -0.499. The Labute approximate surface area is 356 Å². The second kappa shape index (κ2) is 20.7. The third kappa shape index (κ3) is 11.2. The Hall–Kier alpha value is -3.93. The normalized spacial score (nSPS) is 14.4. The Kier molecular flexibility index (Phi) is 15.5. The van der Waals surface area contributed by atoms with E-state index in [1.54, 1.807) is 25.2 Å². The molecule has 6 aromatic rings. The molecule has 2 aliphatic rings. The first kappa shape index (κ1) is 42.7. The zero-order valence-corrected chi connectivity index (χ0v) is 36.0. The van der Waals surface area contributed by atoms with Crippen molar-refractivity contribution in [3.63, 3.8) is 0 Å². The van der Waals surface area contributed by atoms with Crippen molar-refractivity contribution in [2.24, 2.45) is 5.92 Å². The average Bonchev–Trinajstić information content (AvgIpc) is 3.87. The van der Waals surface area contributed by atoms with Gasteiger partial charge in [-0.05, 0) is 99.4 Å². The second-order valence-corrected chi connectivity index (χ2v) is 17.4. The summed E-state index contributed by atoms with van der Waals surface area (Å²) in [6, 6.07) is 19.2. The van der Waals surface area contributed by atoms with E-state index >= 15 is 0 Å². The monoisotopic (exact) mass is 862 g/mol. The van der Waals surface area contributed by atoms with Gasteiger partial charge in [-0.2, -0.15) is 5.10 Å². The molecule has 2 aromatic carbocycles. The lowest BCUT2D eigenvalue weighted by atomic mass is 9.85. The maximum atomic E-state index is 12.4. The van der Waals surface area contributed by atoms with Crippen LogP contribution in [0.1, 0.15) is 105 Å². The zero-order valence-electron chi connectivity index (χ0n) is 32.1. The number of allylic oxidation sites excluding steroid dienone is 1. The summed E-state index contributed by atoms with van der Waals surface area (Å²) in [7, 11) is 0. The number of carbonyl (C=O) groups excluding carboxylic acids is 2. The number of carbonyl (C=O) groups is 2. The van der Waals surface area contributed by atoms with Gasteiger partial charge in [0, 0.05) is 30.6 Å². The predicted octanol–water partition coefficient (Wildman–Crippen LogP) is 13.7. The number of rotatable bonds is 8. The molecule has 0 unspecified atom stereocenters. The van der Waals surface area contributed by atoms with Gasteiger partial charge in [0.15, 0.2) is 16.5 Å². The van der Waals surface area contributed by atoms with E-state index in [-0.39, 0.29) is 17.5 Å². The van der Waals surface area contributed by atoms with E-state index in [2.05, 4.69) is 33.0 Å². The van der Waals surface area contributed by atoms with Gasteiger partial charge < -0.3 is 9.47 Å². The summed E-state index contributed by atoms with van der Waals surface area (Å²) < 4.78 is 11.8. The topological polar surface area (TPSA) is 104 Å². The van der Waals surface area contributed by atoms with Gasteiger partial charge in [0.25, 0.3) is 0 Å². The number of nitrogens with zero attached hydrogens (tertiary/aromatic N) is 4. The van der Waals surface area contributed by atoms with Gasteiger partial charge in [-0.15, -0.1) is 38.0 Å². The summed E-state index contributed by atoms with van der Waals surface area (Å²) in [4.78, 5) is 26.4. The summed E-state index contributed by atoms with van der Waals surface area (Å²) in [5, 5.41) is 19.8. The van der Waals surface area contributed by atoms with Gasteiger partial charge in [-0.1, -0.05) is 110 Å². The van der Waals surface area contributed by atoms with E-state index in [0.717, 1.165) is 43.1 Å². The van der Waals surface area contributed by atoms with E-state index in [0.29, 0.717) is 38.4 Å². The molecule has 8 rings (SSSR count). The first-order valence-corrected chi connectivity index (χ1v) is 22.2. The third-order valence-corrected chi connectivity index (χ3v) is 13.1. The van der Waals surface area contributed by atoms with Crippen LogP contribution in [0.25, 0.3) is 41.1 Å². The van der Waals surface area contributed by atoms with Crippen LogP contribution >= 0.6 is 57.5 Å². The fourth-order valence-electron chi connectivity index (χ4n) is 6.95. The van der Waals surface area contributed by atoms with Crippen LogP contribution in [0.5, 0.6) is 0 Å². The molecule has 0 saturated heterocycles. The highest BCUT2D eigenvalue weighted by Gasteiger charge is 2.23. The molecule has 8 nitrogen and oxygen atoms in total. The number of hydrogen-bond donors (Lipinski definition) is 0. The first-order valence-electron chi connectivity index (χ1n) is 19.4. The fraction of sp³-hybridized carbons (Fsp3) is 0.364. The molecule has 0 atom stereocenters. The highest BCUT2D eigenvalue weighted by atomic mass is 35.5. The van der Waals surface area contributed by atoms with Gasteiger partial charge in [-0.3, -0.25) is 0 Å². The molecule has 0 bridgehead atoms. The molecule has 298 valence electrons. The lowest BCUT2D eigenvalue weighted by molar-refractivity contribution is 0.0511. The van der Waals surface area contributed by atoms with Crippen LogP contribution in [-0.2, 0) is 15.9 Å². The van der Waals surface area contributed by atoms with Crippen molar-refractivity contribution in [3.8, 4) is 20.9 Å². The van der Waals surface area contributed by atoms with Crippen molar-refractivity contribution in [2.45, 2.75) is 84.5 Å². The van der Waals surface area contributed by atoms with Crippen LogP contribution in [0.15, 0.2) is 72.8 Å². The van der Waals surface area contributed by atoms with Crippen molar-refractivity contribution in [1.82, 2.24) is 20.4 Å². The molecule has 4 aromatic heterocycles. The second-order valence-electron chi connectivity index (χ2n) is 14.0. The molecular weight excluding hydrogens is 819 g/mol. The molecule has 0 radical (unpaired) electrons. The Morgan fingerprint density at radius 3 is 1.63 bits per heavy atom. The smallest absolute Gasteiger partial charge is 0.360 e. The van der Waals surface area contributed by atoms with E-state index in [1.807, 2.05) is 54.6 Å². The van der Waals surface area contributed by atoms with Crippen LogP contribution in [-0.4, -0.2) is 45.5 Å². The molecule has 4 heterocycles. The average molecular weight is 864 g/mol. The summed E-state index contributed by atoms with van der Waals surface area (Å²) in [6.07, 6.45) is 14.1. The fourth-order valence-corrected chi connectivity index (χ4v) is 9.74. The third-order valence-electron chi connectivity index (χ3n) is 9.90. The number of thiophene rings is 2. The van der Waals surface area contributed by atoms with E-state index in [1.165, 1.54) is 81.1 Å². The highest BCUT2D eigenvalue weighted by Crippen LogP contribution is 2.39. The summed E-state index contributed by atoms with van der Waals surface area (Å²) in [5.41, 5.74) is 5.01. The Bertz CT molecular complexity index is 2310. The molecular formula is C44H45Cl3N4O4S2. The van der Waals surface area contributed by atoms with Crippen molar-refractivity contribution in [1.29, 1.82) is 0 Å². The zero-order chi connectivity index (χ0) is 40.3. The van der Waals surface area contributed by atoms with E-state index in [9.17, 15) is 9.59 Å². The summed E-state index contributed by atoms with van der Waals surface area (Å²) in [6.45, 7) is 8.05. The standard InChI is InChI=1S/C22H23ClN2O2S.C15H10Cl2N2O2S.C7H12/c1-2-27-22(26)20-21-17(13-19(28-21)15-8-10-16(23)11-9-15)18(24-25-20)12-14-6-4-3-5-7-14;1-2-21-15(20)12-13-10(14(17)19-18-12)7-11(22-13)8-3-5-9(16)6-4-8;1-7-5-3-2-4-6-7/h8-11,13-14H,2-7,12H2,1H3;3-7H,2H2,1H3;1-6H2. The SMILES string of the molecule is C=C1CCCCC1.CCOC(=O)c1nnc(CC2CCCCC2)c2cc(-c3ccc(Cl)cc3)sc12.CCOC(=O)c1nnc(Cl)c2cc(-c3ccc(Cl)cc3)sc12. The lowest BCUT2D eigenvalue weighted by Gasteiger charge is -2.21. The van der Waals surface area contributed by atoms with E-state index < -0.39 is 11.9 Å². The molecule has 0 amide bonds. The van der Waals surface area contributed by atoms with Gasteiger partial charge in [0.2, 0.25) is 0 Å². The maximum absolute atomic E-state index is 12.4. The minimum absolute atomic E-state index is 0.187. The summed E-state index contributed by atoms with van der Waals surface area (Å²) in [5.74, 6) is -0.256. The Balaban J connectivity index is 0.000000168. The van der Waals surface area contributed by atoms with Crippen LogP contribution in [0.2, 0.25) is 15.2 Å². The number of benzene rings is 2. The van der Waals surface area contributed by atoms with Crippen molar-refractivity contribution in [2.75, 3.05) is 13.2 Å². The quantitative estimate of drug-likeness (QED) is 0.110. The predicted molar refractivity (Wildman–Crippen MR) is 235 cm³/mol. The first-order chi connectivity index (χ1) is 27.6. The summed E-state index contributed by atoms with van der Waals surface area (Å²) >= 11 is 21.0. The van der Waals surface area contributed by atoms with Crippen LogP contribution in [0.4, 0.5) is 0 Å². The van der Waals surface area contributed by atoms with Crippen molar-refractivity contribution >= 4 is 89.6 Å². The Morgan fingerprint density at radius 1 is 0.667 bits per heavy atom. The molecule has 57 heavy (non-hydrogen) atoms. The van der Waals surface area contributed by atoms with Crippen molar-refractivity contribution in [3.05, 3.63) is 105 Å². The number of ether oxygens (including phenoxy) is 2. The van der Waals surface area contributed by atoms with Crippen LogP contribution < -0.4 is 0 Å². The molecule has 0 spiro atoms. The minimum Gasteiger partial charge on any atom is -0.461 e. The molecule has 2 saturated carbocycles. The number of hydrogen-bond acceptors (Lipinski definition) is 10. The molecule has 2 aliphatic carbocycles. The number of esters is 2. The molecule has 0 N–H and O–H groups in total.